The number of ether oxygens (including phenoxy) is 1. The zero-order valence-corrected chi connectivity index (χ0v) is 18.1. The van der Waals surface area contributed by atoms with Crippen LogP contribution >= 0.6 is 24.0 Å². The summed E-state index contributed by atoms with van der Waals surface area (Å²) in [5.41, 5.74) is -0.0146. The van der Waals surface area contributed by atoms with Crippen molar-refractivity contribution in [2.75, 3.05) is 14.2 Å². The van der Waals surface area contributed by atoms with Crippen molar-refractivity contribution in [3.63, 3.8) is 0 Å². The van der Waals surface area contributed by atoms with Gasteiger partial charge in [0.25, 0.3) is 0 Å². The summed E-state index contributed by atoms with van der Waals surface area (Å²) in [6.45, 7) is 0.191. The molecule has 2 N–H and O–H groups in total. The third-order valence-corrected chi connectivity index (χ3v) is 3.92. The van der Waals surface area contributed by atoms with Gasteiger partial charge in [-0.15, -0.1) is 24.0 Å². The molecule has 0 bridgehead atoms. The number of hydrogen-bond donors (Lipinski definition) is 2. The van der Waals surface area contributed by atoms with Crippen LogP contribution in [0.15, 0.2) is 41.4 Å². The van der Waals surface area contributed by atoms with Gasteiger partial charge in [-0.2, -0.15) is 13.2 Å². The molecule has 0 aliphatic rings. The number of nitrogens with zero attached hydrogens (tertiary/aromatic N) is 1. The predicted molar refractivity (Wildman–Crippen MR) is 111 cm³/mol. The van der Waals surface area contributed by atoms with Gasteiger partial charge in [-0.1, -0.05) is 12.1 Å². The topological polar surface area (TPSA) is 45.7 Å². The maximum absolute atomic E-state index is 13.6. The molecule has 0 saturated carbocycles. The van der Waals surface area contributed by atoms with Crippen molar-refractivity contribution in [1.29, 1.82) is 0 Å². The van der Waals surface area contributed by atoms with E-state index in [1.807, 2.05) is 0 Å². The number of nitrogens with one attached hydrogen (secondary N) is 2. The minimum absolute atomic E-state index is 0. The van der Waals surface area contributed by atoms with Crippen molar-refractivity contribution >= 4 is 29.9 Å². The highest BCUT2D eigenvalue weighted by molar-refractivity contribution is 14.0. The van der Waals surface area contributed by atoms with Gasteiger partial charge in [0.15, 0.2) is 5.96 Å². The molecule has 0 amide bonds. The quantitative estimate of drug-likeness (QED) is 0.249. The Kier molecular flexibility index (Phi) is 9.77. The minimum atomic E-state index is -4.66. The van der Waals surface area contributed by atoms with Crippen LogP contribution in [0.5, 0.6) is 0 Å². The normalized spacial score (nSPS) is 11.8. The van der Waals surface area contributed by atoms with Gasteiger partial charge >= 0.3 is 6.18 Å². The van der Waals surface area contributed by atoms with E-state index in [1.165, 1.54) is 20.2 Å². The van der Waals surface area contributed by atoms with Crippen LogP contribution in [0.3, 0.4) is 0 Å². The van der Waals surface area contributed by atoms with Crippen molar-refractivity contribution in [1.82, 2.24) is 10.6 Å². The van der Waals surface area contributed by atoms with Crippen molar-refractivity contribution in [3.8, 4) is 0 Å². The van der Waals surface area contributed by atoms with Gasteiger partial charge in [-0.3, -0.25) is 4.99 Å². The maximum atomic E-state index is 13.6. The molecule has 0 atom stereocenters. The minimum Gasteiger partial charge on any atom is -0.380 e. The zero-order chi connectivity index (χ0) is 20.7. The van der Waals surface area contributed by atoms with Crippen LogP contribution in [0, 0.1) is 11.6 Å². The van der Waals surface area contributed by atoms with E-state index in [4.69, 9.17) is 4.74 Å². The fourth-order valence-electron chi connectivity index (χ4n) is 2.56. The molecule has 0 spiro atoms. The Balaban J connectivity index is 0.00000420. The average molecular weight is 529 g/mol. The molecule has 160 valence electrons. The summed E-state index contributed by atoms with van der Waals surface area (Å²) in [7, 11) is 2.92. The van der Waals surface area contributed by atoms with Gasteiger partial charge in [-0.25, -0.2) is 8.78 Å². The Morgan fingerprint density at radius 3 is 2.31 bits per heavy atom. The fraction of sp³-hybridized carbons (Fsp3) is 0.316. The third-order valence-electron chi connectivity index (χ3n) is 3.92. The molecule has 4 nitrogen and oxygen atoms in total. The second-order valence-corrected chi connectivity index (χ2v) is 5.94. The summed E-state index contributed by atoms with van der Waals surface area (Å²) in [4.78, 5) is 3.94. The summed E-state index contributed by atoms with van der Waals surface area (Å²) in [6.07, 6.45) is -4.66. The fourth-order valence-corrected chi connectivity index (χ4v) is 2.56. The van der Waals surface area contributed by atoms with Crippen molar-refractivity contribution in [2.24, 2.45) is 4.99 Å². The number of hydrogen-bond acceptors (Lipinski definition) is 2. The number of halogens is 6. The first-order valence-electron chi connectivity index (χ1n) is 8.31. The van der Waals surface area contributed by atoms with E-state index in [-0.39, 0.29) is 61.0 Å². The van der Waals surface area contributed by atoms with Crippen LogP contribution in [-0.4, -0.2) is 20.1 Å². The van der Waals surface area contributed by atoms with Gasteiger partial charge in [-0.05, 0) is 35.4 Å². The van der Waals surface area contributed by atoms with E-state index in [0.717, 1.165) is 17.7 Å². The summed E-state index contributed by atoms with van der Waals surface area (Å²) in [6, 6.07) is 7.03. The van der Waals surface area contributed by atoms with Crippen LogP contribution in [0.4, 0.5) is 22.0 Å². The highest BCUT2D eigenvalue weighted by Crippen LogP contribution is 2.32. The Morgan fingerprint density at radius 2 is 1.69 bits per heavy atom. The summed E-state index contributed by atoms with van der Waals surface area (Å²) in [5, 5.41) is 5.69. The molecule has 0 saturated heterocycles. The summed E-state index contributed by atoms with van der Waals surface area (Å²) >= 11 is 0. The van der Waals surface area contributed by atoms with Gasteiger partial charge in [0.2, 0.25) is 0 Å². The van der Waals surface area contributed by atoms with Gasteiger partial charge in [0.1, 0.15) is 11.6 Å². The molecule has 0 heterocycles. The lowest BCUT2D eigenvalue weighted by atomic mass is 10.1. The van der Waals surface area contributed by atoms with Crippen LogP contribution in [0.2, 0.25) is 0 Å². The molecule has 2 aromatic carbocycles. The standard InChI is InChI=1S/C19H20F5N3O.HI/c1-25-18(26-9-12-3-6-17(21)14(7-12)11-28-2)27-10-13-4-5-15(20)8-16(13)19(22,23)24;/h3-8H,9-11H2,1-2H3,(H2,25,26,27);1H. The SMILES string of the molecule is CN=C(NCc1ccc(F)c(COC)c1)NCc1ccc(F)cc1C(F)(F)F.I. The summed E-state index contributed by atoms with van der Waals surface area (Å²) < 4.78 is 70.9. The van der Waals surface area contributed by atoms with E-state index in [9.17, 15) is 22.0 Å². The van der Waals surface area contributed by atoms with Crippen molar-refractivity contribution in [2.45, 2.75) is 25.9 Å². The first-order valence-corrected chi connectivity index (χ1v) is 8.31. The first kappa shape index (κ1) is 25.1. The Labute approximate surface area is 182 Å². The van der Waals surface area contributed by atoms with Crippen LogP contribution in [0.25, 0.3) is 0 Å². The second-order valence-electron chi connectivity index (χ2n) is 5.94. The first-order chi connectivity index (χ1) is 13.2. The molecule has 0 unspecified atom stereocenters. The van der Waals surface area contributed by atoms with E-state index >= 15 is 0 Å². The molecule has 0 fully saturated rings. The number of methoxy groups -OCH3 is 1. The molecular weight excluding hydrogens is 508 g/mol. The predicted octanol–water partition coefficient (Wildman–Crippen LogP) is 4.61. The smallest absolute Gasteiger partial charge is 0.380 e. The van der Waals surface area contributed by atoms with Gasteiger partial charge in [0, 0.05) is 32.8 Å². The van der Waals surface area contributed by atoms with Crippen molar-refractivity contribution in [3.05, 3.63) is 70.3 Å². The molecule has 10 heteroatoms. The number of aliphatic imine (C=N–C) groups is 1. The molecule has 2 aromatic rings. The molecular formula is C19H21F5IN3O. The highest BCUT2D eigenvalue weighted by atomic mass is 127. The molecule has 29 heavy (non-hydrogen) atoms. The van der Waals surface area contributed by atoms with Crippen LogP contribution < -0.4 is 10.6 Å². The van der Waals surface area contributed by atoms with E-state index < -0.39 is 17.6 Å². The molecule has 0 radical (unpaired) electrons. The zero-order valence-electron chi connectivity index (χ0n) is 15.7. The number of guanidine groups is 1. The molecule has 0 aromatic heterocycles. The number of benzene rings is 2. The molecule has 0 aliphatic heterocycles. The Morgan fingerprint density at radius 1 is 1.00 bits per heavy atom. The van der Waals surface area contributed by atoms with Crippen molar-refractivity contribution < 1.29 is 26.7 Å². The second kappa shape index (κ2) is 11.3. The van der Waals surface area contributed by atoms with E-state index in [0.29, 0.717) is 11.6 Å². The molecule has 0 aliphatic carbocycles. The van der Waals surface area contributed by atoms with Gasteiger partial charge < -0.3 is 15.4 Å². The lowest BCUT2D eigenvalue weighted by Gasteiger charge is -2.16. The third kappa shape index (κ3) is 7.42. The van der Waals surface area contributed by atoms with E-state index in [2.05, 4.69) is 15.6 Å². The monoisotopic (exact) mass is 529 g/mol. The van der Waals surface area contributed by atoms with Crippen LogP contribution in [-0.2, 0) is 30.6 Å². The highest BCUT2D eigenvalue weighted by Gasteiger charge is 2.33. The number of alkyl halides is 3. The lowest BCUT2D eigenvalue weighted by Crippen LogP contribution is -2.36. The summed E-state index contributed by atoms with van der Waals surface area (Å²) in [5.74, 6) is -1.10. The maximum Gasteiger partial charge on any atom is 0.416 e. The van der Waals surface area contributed by atoms with E-state index in [1.54, 1.807) is 12.1 Å². The van der Waals surface area contributed by atoms with Gasteiger partial charge in [0.05, 0.1) is 12.2 Å². The Bertz CT molecular complexity index is 843. The largest absolute Gasteiger partial charge is 0.416 e. The molecule has 2 rings (SSSR count). The lowest BCUT2D eigenvalue weighted by molar-refractivity contribution is -0.138. The average Bonchev–Trinajstić information content (AvgIpc) is 2.64. The van der Waals surface area contributed by atoms with Crippen LogP contribution in [0.1, 0.15) is 22.3 Å². The Hall–Kier alpha value is -1.95. The number of rotatable bonds is 6.